The van der Waals surface area contributed by atoms with Crippen LogP contribution in [-0.2, 0) is 0 Å². The van der Waals surface area contributed by atoms with Crippen molar-refractivity contribution >= 4 is 5.69 Å². The minimum absolute atomic E-state index is 0.128. The highest BCUT2D eigenvalue weighted by atomic mass is 16.5. The monoisotopic (exact) mass is 259 g/mol. The van der Waals surface area contributed by atoms with Gasteiger partial charge in [-0.1, -0.05) is 6.92 Å². The molecule has 0 amide bonds. The van der Waals surface area contributed by atoms with Gasteiger partial charge in [-0.05, 0) is 18.7 Å². The third kappa shape index (κ3) is 2.97. The van der Waals surface area contributed by atoms with Gasteiger partial charge >= 0.3 is 0 Å². The summed E-state index contributed by atoms with van der Waals surface area (Å²) in [7, 11) is 1.56. The van der Waals surface area contributed by atoms with Crippen LogP contribution in [0.2, 0.25) is 0 Å². The molecule has 2 heterocycles. The van der Waals surface area contributed by atoms with Gasteiger partial charge in [0.2, 0.25) is 5.88 Å². The number of nitrogens with one attached hydrogen (secondary N) is 1. The van der Waals surface area contributed by atoms with Crippen molar-refractivity contribution in [3.05, 3.63) is 41.9 Å². The topological polar surface area (TPSA) is 86.0 Å². The van der Waals surface area contributed by atoms with E-state index in [2.05, 4.69) is 20.5 Å². The van der Waals surface area contributed by atoms with E-state index in [4.69, 9.17) is 10.5 Å². The van der Waals surface area contributed by atoms with Crippen molar-refractivity contribution < 1.29 is 4.74 Å². The molecule has 0 bridgehead atoms. The molecule has 1 unspecified atom stereocenters. The van der Waals surface area contributed by atoms with E-state index >= 15 is 0 Å². The molecule has 0 saturated carbocycles. The Balaban J connectivity index is 2.36. The van der Waals surface area contributed by atoms with Crippen molar-refractivity contribution in [1.29, 1.82) is 0 Å². The first kappa shape index (κ1) is 13.2. The third-order valence-electron chi connectivity index (χ3n) is 2.77. The van der Waals surface area contributed by atoms with Gasteiger partial charge in [-0.2, -0.15) is 0 Å². The van der Waals surface area contributed by atoms with Crippen LogP contribution in [0.4, 0.5) is 5.69 Å². The zero-order chi connectivity index (χ0) is 13.7. The molecule has 0 radical (unpaired) electrons. The molecule has 2 aromatic heterocycles. The van der Waals surface area contributed by atoms with E-state index in [1.165, 1.54) is 0 Å². The molecule has 100 valence electrons. The molecule has 3 N–H and O–H groups in total. The predicted octanol–water partition coefficient (Wildman–Crippen LogP) is 1.16. The molecule has 2 rings (SSSR count). The van der Waals surface area contributed by atoms with Gasteiger partial charge in [0.1, 0.15) is 0 Å². The van der Waals surface area contributed by atoms with E-state index < -0.39 is 0 Å². The molecule has 6 heteroatoms. The molecule has 0 aliphatic heterocycles. The molecule has 6 nitrogen and oxygen atoms in total. The fourth-order valence-corrected chi connectivity index (χ4v) is 1.83. The van der Waals surface area contributed by atoms with Crippen LogP contribution < -0.4 is 15.8 Å². The number of hydrogen-bond donors (Lipinski definition) is 2. The number of pyridine rings is 1. The quantitative estimate of drug-likeness (QED) is 0.838. The van der Waals surface area contributed by atoms with Crippen molar-refractivity contribution in [1.82, 2.24) is 20.5 Å². The van der Waals surface area contributed by atoms with Gasteiger partial charge < -0.3 is 15.8 Å². The van der Waals surface area contributed by atoms with Crippen LogP contribution in [0.1, 0.15) is 24.2 Å². The van der Waals surface area contributed by atoms with Crippen molar-refractivity contribution in [3.63, 3.8) is 0 Å². The van der Waals surface area contributed by atoms with Gasteiger partial charge in [-0.25, -0.2) is 0 Å². The lowest BCUT2D eigenvalue weighted by molar-refractivity contribution is 0.390. The Bertz CT molecular complexity index is 529. The Morgan fingerprint density at radius 3 is 2.74 bits per heavy atom. The van der Waals surface area contributed by atoms with Crippen molar-refractivity contribution in [3.8, 4) is 5.88 Å². The number of nitrogens with two attached hydrogens (primary N) is 1. The van der Waals surface area contributed by atoms with Crippen molar-refractivity contribution in [2.24, 2.45) is 0 Å². The molecular weight excluding hydrogens is 242 g/mol. The number of nitrogens with zero attached hydrogens (tertiary/aromatic N) is 3. The molecule has 19 heavy (non-hydrogen) atoms. The fourth-order valence-electron chi connectivity index (χ4n) is 1.83. The minimum Gasteiger partial charge on any atom is -0.480 e. The Kier molecular flexibility index (Phi) is 4.25. The lowest BCUT2D eigenvalue weighted by atomic mass is 10.0. The van der Waals surface area contributed by atoms with E-state index in [9.17, 15) is 0 Å². The lowest BCUT2D eigenvalue weighted by Gasteiger charge is -2.18. The molecule has 0 spiro atoms. The summed E-state index contributed by atoms with van der Waals surface area (Å²) in [5, 5.41) is 11.5. The van der Waals surface area contributed by atoms with Crippen LogP contribution in [0.3, 0.4) is 0 Å². The van der Waals surface area contributed by atoms with Gasteiger partial charge in [0.15, 0.2) is 0 Å². The van der Waals surface area contributed by atoms with Crippen LogP contribution in [0.25, 0.3) is 0 Å². The SMILES string of the molecule is CCNC(c1ccc(OC)nn1)c1cnccc1N. The summed E-state index contributed by atoms with van der Waals surface area (Å²) in [5.74, 6) is 0.484. The van der Waals surface area contributed by atoms with Crippen LogP contribution in [0, 0.1) is 0 Å². The second kappa shape index (κ2) is 6.10. The molecule has 2 aromatic rings. The fraction of sp³-hybridized carbons (Fsp3) is 0.308. The molecule has 0 saturated heterocycles. The summed E-state index contributed by atoms with van der Waals surface area (Å²) in [6.07, 6.45) is 3.41. The summed E-state index contributed by atoms with van der Waals surface area (Å²) >= 11 is 0. The zero-order valence-electron chi connectivity index (χ0n) is 11.0. The first-order valence-corrected chi connectivity index (χ1v) is 6.06. The Morgan fingerprint density at radius 1 is 1.32 bits per heavy atom. The molecule has 0 aliphatic rings. The van der Waals surface area contributed by atoms with E-state index in [0.717, 1.165) is 17.8 Å². The van der Waals surface area contributed by atoms with Crippen LogP contribution in [0.5, 0.6) is 5.88 Å². The van der Waals surface area contributed by atoms with Gasteiger partial charge in [-0.3, -0.25) is 4.98 Å². The maximum absolute atomic E-state index is 5.99. The number of hydrogen-bond acceptors (Lipinski definition) is 6. The van der Waals surface area contributed by atoms with E-state index in [1.807, 2.05) is 13.0 Å². The highest BCUT2D eigenvalue weighted by molar-refractivity contribution is 5.48. The molecule has 1 atom stereocenters. The first-order chi connectivity index (χ1) is 9.26. The van der Waals surface area contributed by atoms with Crippen LogP contribution >= 0.6 is 0 Å². The normalized spacial score (nSPS) is 12.1. The number of nitrogen functional groups attached to an aromatic ring is 1. The summed E-state index contributed by atoms with van der Waals surface area (Å²) in [5.41, 5.74) is 8.34. The summed E-state index contributed by atoms with van der Waals surface area (Å²) in [6.45, 7) is 2.81. The Morgan fingerprint density at radius 2 is 2.16 bits per heavy atom. The first-order valence-electron chi connectivity index (χ1n) is 6.06. The number of methoxy groups -OCH3 is 1. The second-order valence-corrected chi connectivity index (χ2v) is 4.00. The summed E-state index contributed by atoms with van der Waals surface area (Å²) < 4.78 is 5.01. The number of ether oxygens (including phenoxy) is 1. The summed E-state index contributed by atoms with van der Waals surface area (Å²) in [6, 6.07) is 5.29. The van der Waals surface area contributed by atoms with Gasteiger partial charge in [0.25, 0.3) is 0 Å². The van der Waals surface area contributed by atoms with E-state index in [-0.39, 0.29) is 6.04 Å². The van der Waals surface area contributed by atoms with Crippen LogP contribution in [-0.4, -0.2) is 28.8 Å². The van der Waals surface area contributed by atoms with Gasteiger partial charge in [0, 0.05) is 29.7 Å². The molecular formula is C13H17N5O. The third-order valence-corrected chi connectivity index (χ3v) is 2.77. The van der Waals surface area contributed by atoms with Gasteiger partial charge in [-0.15, -0.1) is 10.2 Å². The van der Waals surface area contributed by atoms with E-state index in [1.54, 1.807) is 31.6 Å². The second-order valence-electron chi connectivity index (χ2n) is 4.00. The summed E-state index contributed by atoms with van der Waals surface area (Å²) in [4.78, 5) is 4.12. The standard InChI is InChI=1S/C13H17N5O/c1-3-16-13(9-8-15-7-6-10(9)14)11-4-5-12(19-2)18-17-11/h4-8,13,16H,3H2,1-2H3,(H2,14,15). The minimum atomic E-state index is -0.128. The van der Waals surface area contributed by atoms with Crippen molar-refractivity contribution in [2.45, 2.75) is 13.0 Å². The maximum atomic E-state index is 5.99. The highest BCUT2D eigenvalue weighted by Crippen LogP contribution is 2.24. The predicted molar refractivity (Wildman–Crippen MR) is 72.8 cm³/mol. The van der Waals surface area contributed by atoms with E-state index in [0.29, 0.717) is 11.6 Å². The molecule has 0 fully saturated rings. The maximum Gasteiger partial charge on any atom is 0.233 e. The Labute approximate surface area is 112 Å². The number of anilines is 1. The zero-order valence-corrected chi connectivity index (χ0v) is 11.0. The van der Waals surface area contributed by atoms with Crippen LogP contribution in [0.15, 0.2) is 30.6 Å². The Hall–Kier alpha value is -2.21. The van der Waals surface area contributed by atoms with Crippen molar-refractivity contribution in [2.75, 3.05) is 19.4 Å². The number of rotatable bonds is 5. The smallest absolute Gasteiger partial charge is 0.233 e. The lowest BCUT2D eigenvalue weighted by Crippen LogP contribution is -2.24. The molecule has 0 aliphatic carbocycles. The van der Waals surface area contributed by atoms with Gasteiger partial charge in [0.05, 0.1) is 18.8 Å². The average molecular weight is 259 g/mol. The highest BCUT2D eigenvalue weighted by Gasteiger charge is 2.17. The number of aromatic nitrogens is 3. The molecule has 0 aromatic carbocycles. The largest absolute Gasteiger partial charge is 0.480 e. The average Bonchev–Trinajstić information content (AvgIpc) is 2.46.